The number of carbonyl (C=O) groups excluding carboxylic acids is 1. The molecule has 1 aliphatic carbocycles. The van der Waals surface area contributed by atoms with Crippen molar-refractivity contribution in [2.24, 2.45) is 0 Å². The first-order valence-corrected chi connectivity index (χ1v) is 9.89. The van der Waals surface area contributed by atoms with Crippen molar-refractivity contribution in [2.45, 2.75) is 31.0 Å². The summed E-state index contributed by atoms with van der Waals surface area (Å²) in [5.74, 6) is 0.0520. The van der Waals surface area contributed by atoms with Gasteiger partial charge in [0.15, 0.2) is 0 Å². The number of amides is 1. The number of hydrogen-bond donors (Lipinski definition) is 2. The Labute approximate surface area is 158 Å². The van der Waals surface area contributed by atoms with Gasteiger partial charge in [-0.05, 0) is 35.4 Å². The van der Waals surface area contributed by atoms with Crippen LogP contribution in [-0.2, 0) is 4.79 Å². The van der Waals surface area contributed by atoms with Gasteiger partial charge >= 0.3 is 0 Å². The Hall–Kier alpha value is -2.43. The average Bonchev–Trinajstić information content (AvgIpc) is 3.33. The number of nitrogens with one attached hydrogen (secondary N) is 2. The summed E-state index contributed by atoms with van der Waals surface area (Å²) in [6.45, 7) is 0. The molecule has 1 aromatic heterocycles. The molecule has 132 valence electrons. The van der Waals surface area contributed by atoms with Crippen LogP contribution in [0.25, 0.3) is 0 Å². The third-order valence-electron chi connectivity index (χ3n) is 4.61. The van der Waals surface area contributed by atoms with Crippen LogP contribution in [0, 0.1) is 0 Å². The molecule has 4 heteroatoms. The second-order valence-corrected chi connectivity index (χ2v) is 7.63. The van der Waals surface area contributed by atoms with Crippen LogP contribution in [0.2, 0.25) is 0 Å². The maximum Gasteiger partial charge on any atom is 0.241 e. The molecule has 1 heterocycles. The van der Waals surface area contributed by atoms with E-state index in [9.17, 15) is 4.79 Å². The van der Waals surface area contributed by atoms with Crippen molar-refractivity contribution in [3.05, 3.63) is 94.2 Å². The standard InChI is InChI=1S/C22H22N2OS/c25-22(23-18-13-14-18)21(17-10-5-2-6-11-17)24-20(19-12-7-15-26-19)16-8-3-1-4-9-16/h1-12,15,18,20-21,24H,13-14H2,(H,23,25)/t20-,21+/m1/s1. The van der Waals surface area contributed by atoms with Gasteiger partial charge in [-0.15, -0.1) is 11.3 Å². The molecule has 0 aliphatic heterocycles. The Morgan fingerprint density at radius 3 is 2.12 bits per heavy atom. The van der Waals surface area contributed by atoms with Crippen molar-refractivity contribution < 1.29 is 4.79 Å². The third kappa shape index (κ3) is 4.03. The maximum atomic E-state index is 13.0. The number of thiophene rings is 1. The van der Waals surface area contributed by atoms with Crippen LogP contribution < -0.4 is 10.6 Å². The summed E-state index contributed by atoms with van der Waals surface area (Å²) in [6, 6.07) is 24.4. The van der Waals surface area contributed by atoms with Gasteiger partial charge in [-0.3, -0.25) is 10.1 Å². The highest BCUT2D eigenvalue weighted by atomic mass is 32.1. The lowest BCUT2D eigenvalue weighted by atomic mass is 10.0. The van der Waals surface area contributed by atoms with Gasteiger partial charge in [-0.1, -0.05) is 66.7 Å². The topological polar surface area (TPSA) is 41.1 Å². The second kappa shape index (κ2) is 7.85. The lowest BCUT2D eigenvalue weighted by Gasteiger charge is -2.25. The molecule has 2 N–H and O–H groups in total. The molecule has 0 radical (unpaired) electrons. The van der Waals surface area contributed by atoms with Gasteiger partial charge in [0.05, 0.1) is 6.04 Å². The van der Waals surface area contributed by atoms with Crippen molar-refractivity contribution in [1.29, 1.82) is 0 Å². The quantitative estimate of drug-likeness (QED) is 0.652. The summed E-state index contributed by atoms with van der Waals surface area (Å²) >= 11 is 1.71. The van der Waals surface area contributed by atoms with E-state index in [1.165, 1.54) is 4.88 Å². The van der Waals surface area contributed by atoms with Gasteiger partial charge in [-0.25, -0.2) is 0 Å². The normalized spacial score (nSPS) is 16.0. The summed E-state index contributed by atoms with van der Waals surface area (Å²) in [6.07, 6.45) is 2.17. The summed E-state index contributed by atoms with van der Waals surface area (Å²) in [7, 11) is 0. The predicted octanol–water partition coefficient (Wildman–Crippen LogP) is 4.45. The minimum Gasteiger partial charge on any atom is -0.352 e. The molecule has 0 spiro atoms. The van der Waals surface area contributed by atoms with E-state index in [2.05, 4.69) is 40.3 Å². The van der Waals surface area contributed by atoms with Crippen LogP contribution in [0.1, 0.15) is 40.9 Å². The lowest BCUT2D eigenvalue weighted by Crippen LogP contribution is -2.40. The summed E-state index contributed by atoms with van der Waals surface area (Å²) in [5, 5.41) is 8.86. The van der Waals surface area contributed by atoms with E-state index in [0.717, 1.165) is 24.0 Å². The largest absolute Gasteiger partial charge is 0.352 e. The van der Waals surface area contributed by atoms with E-state index in [0.29, 0.717) is 6.04 Å². The van der Waals surface area contributed by atoms with Crippen LogP contribution in [0.4, 0.5) is 0 Å². The summed E-state index contributed by atoms with van der Waals surface area (Å²) in [4.78, 5) is 14.2. The molecule has 0 saturated heterocycles. The van der Waals surface area contributed by atoms with Gasteiger partial charge in [0, 0.05) is 10.9 Å². The minimum atomic E-state index is -0.385. The molecule has 0 unspecified atom stereocenters. The van der Waals surface area contributed by atoms with E-state index in [1.54, 1.807) is 11.3 Å². The van der Waals surface area contributed by atoms with Gasteiger partial charge in [0.2, 0.25) is 5.91 Å². The van der Waals surface area contributed by atoms with Gasteiger partial charge in [0.25, 0.3) is 0 Å². The van der Waals surface area contributed by atoms with E-state index in [1.807, 2.05) is 48.5 Å². The van der Waals surface area contributed by atoms with Gasteiger partial charge in [0.1, 0.15) is 6.04 Å². The molecule has 1 aliphatic rings. The van der Waals surface area contributed by atoms with E-state index < -0.39 is 0 Å². The first-order chi connectivity index (χ1) is 12.8. The van der Waals surface area contributed by atoms with Crippen molar-refractivity contribution in [3.8, 4) is 0 Å². The van der Waals surface area contributed by atoms with Crippen LogP contribution in [0.15, 0.2) is 78.2 Å². The molecule has 1 fully saturated rings. The zero-order valence-electron chi connectivity index (χ0n) is 14.5. The summed E-state index contributed by atoms with van der Waals surface area (Å²) in [5.41, 5.74) is 2.15. The summed E-state index contributed by atoms with van der Waals surface area (Å²) < 4.78 is 0. The Balaban J connectivity index is 1.66. The average molecular weight is 362 g/mol. The Morgan fingerprint density at radius 1 is 0.885 bits per heavy atom. The smallest absolute Gasteiger partial charge is 0.241 e. The van der Waals surface area contributed by atoms with Crippen molar-refractivity contribution in [1.82, 2.24) is 10.6 Å². The Kier molecular flexibility index (Phi) is 5.14. The second-order valence-electron chi connectivity index (χ2n) is 6.65. The van der Waals surface area contributed by atoms with E-state index in [4.69, 9.17) is 0 Å². The zero-order valence-corrected chi connectivity index (χ0v) is 15.3. The molecule has 3 nitrogen and oxygen atoms in total. The highest BCUT2D eigenvalue weighted by Crippen LogP contribution is 2.30. The van der Waals surface area contributed by atoms with Crippen molar-refractivity contribution >= 4 is 17.2 Å². The number of benzene rings is 2. The fraction of sp³-hybridized carbons (Fsp3) is 0.227. The number of carbonyl (C=O) groups is 1. The molecule has 2 atom stereocenters. The van der Waals surface area contributed by atoms with Crippen molar-refractivity contribution in [3.63, 3.8) is 0 Å². The Bertz CT molecular complexity index is 829. The monoisotopic (exact) mass is 362 g/mol. The molecule has 1 amide bonds. The van der Waals surface area contributed by atoms with Gasteiger partial charge < -0.3 is 5.32 Å². The van der Waals surface area contributed by atoms with Crippen LogP contribution in [-0.4, -0.2) is 11.9 Å². The SMILES string of the molecule is O=C(NC1CC1)[C@@H](N[C@H](c1ccccc1)c1cccs1)c1ccccc1. The first kappa shape index (κ1) is 17.0. The fourth-order valence-electron chi connectivity index (χ4n) is 3.09. The fourth-order valence-corrected chi connectivity index (χ4v) is 3.90. The molecular formula is C22H22N2OS. The molecule has 0 bridgehead atoms. The zero-order chi connectivity index (χ0) is 17.8. The number of rotatable bonds is 7. The molecule has 4 rings (SSSR count). The molecule has 1 saturated carbocycles. The van der Waals surface area contributed by atoms with E-state index >= 15 is 0 Å². The molecule has 2 aromatic carbocycles. The molecular weight excluding hydrogens is 340 g/mol. The van der Waals surface area contributed by atoms with Crippen LogP contribution in [0.5, 0.6) is 0 Å². The maximum absolute atomic E-state index is 13.0. The third-order valence-corrected chi connectivity index (χ3v) is 5.55. The highest BCUT2D eigenvalue weighted by molar-refractivity contribution is 7.10. The Morgan fingerprint density at radius 2 is 1.54 bits per heavy atom. The van der Waals surface area contributed by atoms with Gasteiger partial charge in [-0.2, -0.15) is 0 Å². The highest BCUT2D eigenvalue weighted by Gasteiger charge is 2.30. The van der Waals surface area contributed by atoms with Crippen LogP contribution in [0.3, 0.4) is 0 Å². The minimum absolute atomic E-state index is 0.0219. The van der Waals surface area contributed by atoms with Crippen molar-refractivity contribution in [2.75, 3.05) is 0 Å². The van der Waals surface area contributed by atoms with Crippen LogP contribution >= 0.6 is 11.3 Å². The predicted molar refractivity (Wildman–Crippen MR) is 106 cm³/mol. The number of hydrogen-bond acceptors (Lipinski definition) is 3. The lowest BCUT2D eigenvalue weighted by molar-refractivity contribution is -0.123. The molecule has 26 heavy (non-hydrogen) atoms. The van der Waals surface area contributed by atoms with E-state index in [-0.39, 0.29) is 18.0 Å². The first-order valence-electron chi connectivity index (χ1n) is 9.01. The molecule has 3 aromatic rings.